The number of carbonyl (C=O) groups is 2. The Labute approximate surface area is 148 Å². The number of carboxylic acid groups (broad SMARTS) is 1. The number of halogens is 2. The van der Waals surface area contributed by atoms with E-state index in [0.29, 0.717) is 25.4 Å². The van der Waals surface area contributed by atoms with Gasteiger partial charge in [-0.05, 0) is 42.9 Å². The third-order valence-electron chi connectivity index (χ3n) is 4.53. The molecule has 0 bridgehead atoms. The third-order valence-corrected chi connectivity index (χ3v) is 4.53. The van der Waals surface area contributed by atoms with Gasteiger partial charge in [-0.3, -0.25) is 4.79 Å². The largest absolute Gasteiger partial charge is 0.476 e. The van der Waals surface area contributed by atoms with Crippen LogP contribution in [0.15, 0.2) is 24.4 Å². The number of likely N-dealkylation sites (tertiary alicyclic amines) is 1. The Bertz CT molecular complexity index is 816. The Kier molecular flexibility index (Phi) is 5.24. The summed E-state index contributed by atoms with van der Waals surface area (Å²) < 4.78 is 27.5. The van der Waals surface area contributed by atoms with E-state index in [9.17, 15) is 18.4 Å². The molecule has 0 atom stereocenters. The quantitative estimate of drug-likeness (QED) is 0.873. The number of rotatable bonds is 5. The lowest BCUT2D eigenvalue weighted by Crippen LogP contribution is -2.40. The van der Waals surface area contributed by atoms with Crippen LogP contribution in [-0.2, 0) is 17.8 Å². The van der Waals surface area contributed by atoms with Gasteiger partial charge in [0.25, 0.3) is 0 Å². The van der Waals surface area contributed by atoms with Crippen LogP contribution >= 0.6 is 0 Å². The molecule has 1 amide bonds. The summed E-state index contributed by atoms with van der Waals surface area (Å²) in [7, 11) is 0. The monoisotopic (exact) mass is 364 g/mol. The highest BCUT2D eigenvalue weighted by Gasteiger charge is 2.24. The maximum atomic E-state index is 13.3. The van der Waals surface area contributed by atoms with Crippen molar-refractivity contribution in [2.75, 3.05) is 13.1 Å². The van der Waals surface area contributed by atoms with Crippen LogP contribution in [0, 0.1) is 17.6 Å². The highest BCUT2D eigenvalue weighted by Crippen LogP contribution is 2.22. The van der Waals surface area contributed by atoms with E-state index in [0.717, 1.165) is 24.5 Å². The molecule has 2 aromatic rings. The molecular weight excluding hydrogens is 346 g/mol. The normalized spacial score (nSPS) is 15.2. The SMILES string of the molecule is O=C(O)c1cn(CC(=O)N2CCC(Cc3ccc(F)c(F)c3)CC2)nn1. The van der Waals surface area contributed by atoms with E-state index in [1.807, 2.05) is 0 Å². The summed E-state index contributed by atoms with van der Waals surface area (Å²) in [5.74, 6) is -2.74. The van der Waals surface area contributed by atoms with Gasteiger partial charge in [-0.1, -0.05) is 11.3 Å². The van der Waals surface area contributed by atoms with Crippen LogP contribution in [0.5, 0.6) is 0 Å². The van der Waals surface area contributed by atoms with Crippen molar-refractivity contribution in [1.82, 2.24) is 19.9 Å². The van der Waals surface area contributed by atoms with E-state index < -0.39 is 17.6 Å². The molecule has 26 heavy (non-hydrogen) atoms. The molecule has 138 valence electrons. The molecule has 0 saturated carbocycles. The minimum Gasteiger partial charge on any atom is -0.476 e. The van der Waals surface area contributed by atoms with Crippen molar-refractivity contribution in [2.24, 2.45) is 5.92 Å². The molecule has 1 aromatic carbocycles. The van der Waals surface area contributed by atoms with Gasteiger partial charge in [0.15, 0.2) is 17.3 Å². The third kappa shape index (κ3) is 4.22. The number of aromatic nitrogens is 3. The van der Waals surface area contributed by atoms with Crippen LogP contribution in [0.1, 0.15) is 28.9 Å². The van der Waals surface area contributed by atoms with Gasteiger partial charge in [-0.25, -0.2) is 18.3 Å². The van der Waals surface area contributed by atoms with Crippen LogP contribution in [0.2, 0.25) is 0 Å². The number of hydrogen-bond acceptors (Lipinski definition) is 4. The van der Waals surface area contributed by atoms with Crippen LogP contribution in [0.4, 0.5) is 8.78 Å². The molecule has 1 aliphatic heterocycles. The van der Waals surface area contributed by atoms with E-state index in [2.05, 4.69) is 10.3 Å². The van der Waals surface area contributed by atoms with Crippen molar-refractivity contribution in [3.8, 4) is 0 Å². The molecular formula is C17H18F2N4O3. The second kappa shape index (κ2) is 7.59. The second-order valence-electron chi connectivity index (χ2n) is 6.38. The zero-order valence-electron chi connectivity index (χ0n) is 13.9. The Morgan fingerprint density at radius 1 is 1.19 bits per heavy atom. The number of hydrogen-bond donors (Lipinski definition) is 1. The van der Waals surface area contributed by atoms with Gasteiger partial charge in [0, 0.05) is 13.1 Å². The summed E-state index contributed by atoms with van der Waals surface area (Å²) in [5.41, 5.74) is 0.542. The van der Waals surface area contributed by atoms with Crippen LogP contribution in [-0.4, -0.2) is 50.0 Å². The summed E-state index contributed by atoms with van der Waals surface area (Å²) in [6.45, 7) is 1.06. The van der Waals surface area contributed by atoms with E-state index in [1.165, 1.54) is 16.9 Å². The van der Waals surface area contributed by atoms with Crippen molar-refractivity contribution < 1.29 is 23.5 Å². The maximum absolute atomic E-state index is 13.3. The van der Waals surface area contributed by atoms with Crippen LogP contribution < -0.4 is 0 Å². The van der Waals surface area contributed by atoms with Gasteiger partial charge < -0.3 is 10.0 Å². The standard InChI is InChI=1S/C17H18F2N4O3/c18-13-2-1-12(8-14(13)19)7-11-3-5-22(6-4-11)16(24)10-23-9-15(17(25)26)20-21-23/h1-2,8-9,11H,3-7,10H2,(H,25,26). The molecule has 0 unspecified atom stereocenters. The van der Waals surface area contributed by atoms with Crippen molar-refractivity contribution in [2.45, 2.75) is 25.8 Å². The van der Waals surface area contributed by atoms with Gasteiger partial charge in [-0.2, -0.15) is 0 Å². The molecule has 1 aromatic heterocycles. The number of amides is 1. The summed E-state index contributed by atoms with van der Waals surface area (Å²) in [6, 6.07) is 3.94. The number of carboxylic acids is 1. The molecule has 0 spiro atoms. The first kappa shape index (κ1) is 18.0. The lowest BCUT2D eigenvalue weighted by atomic mass is 9.90. The predicted octanol–water partition coefficient (Wildman–Crippen LogP) is 1.74. The molecule has 7 nitrogen and oxygen atoms in total. The van der Waals surface area contributed by atoms with Crippen LogP contribution in [0.3, 0.4) is 0 Å². The van der Waals surface area contributed by atoms with E-state index in [-0.39, 0.29) is 18.1 Å². The highest BCUT2D eigenvalue weighted by molar-refractivity contribution is 5.84. The van der Waals surface area contributed by atoms with Gasteiger partial charge in [0.2, 0.25) is 5.91 Å². The van der Waals surface area contributed by atoms with Gasteiger partial charge in [0.05, 0.1) is 6.20 Å². The highest BCUT2D eigenvalue weighted by atomic mass is 19.2. The van der Waals surface area contributed by atoms with E-state index >= 15 is 0 Å². The Hall–Kier alpha value is -2.84. The van der Waals surface area contributed by atoms with Gasteiger partial charge in [-0.15, -0.1) is 5.10 Å². The van der Waals surface area contributed by atoms with E-state index in [4.69, 9.17) is 5.11 Å². The zero-order chi connectivity index (χ0) is 18.7. The van der Waals surface area contributed by atoms with Crippen molar-refractivity contribution in [3.63, 3.8) is 0 Å². The predicted molar refractivity (Wildman–Crippen MR) is 86.3 cm³/mol. The fourth-order valence-corrected chi connectivity index (χ4v) is 3.10. The first-order valence-corrected chi connectivity index (χ1v) is 8.27. The van der Waals surface area contributed by atoms with E-state index in [1.54, 1.807) is 11.0 Å². The van der Waals surface area contributed by atoms with Crippen molar-refractivity contribution in [3.05, 3.63) is 47.3 Å². The molecule has 1 aliphatic rings. The molecule has 1 N–H and O–H groups in total. The smallest absolute Gasteiger partial charge is 0.358 e. The molecule has 0 aliphatic carbocycles. The number of nitrogens with zero attached hydrogens (tertiary/aromatic N) is 4. The van der Waals surface area contributed by atoms with Crippen molar-refractivity contribution >= 4 is 11.9 Å². The van der Waals surface area contributed by atoms with Gasteiger partial charge in [0.1, 0.15) is 6.54 Å². The van der Waals surface area contributed by atoms with Crippen LogP contribution in [0.25, 0.3) is 0 Å². The number of aromatic carboxylic acids is 1. The fraction of sp³-hybridized carbons (Fsp3) is 0.412. The summed E-state index contributed by atoms with van der Waals surface area (Å²) in [6.07, 6.45) is 3.39. The maximum Gasteiger partial charge on any atom is 0.358 e. The molecule has 3 rings (SSSR count). The van der Waals surface area contributed by atoms with Gasteiger partial charge >= 0.3 is 5.97 Å². The second-order valence-corrected chi connectivity index (χ2v) is 6.38. The fourth-order valence-electron chi connectivity index (χ4n) is 3.10. The Morgan fingerprint density at radius 2 is 1.92 bits per heavy atom. The molecule has 9 heteroatoms. The Balaban J connectivity index is 1.50. The average molecular weight is 364 g/mol. The summed E-state index contributed by atoms with van der Waals surface area (Å²) in [5, 5.41) is 15.9. The molecule has 1 saturated heterocycles. The molecule has 0 radical (unpaired) electrons. The Morgan fingerprint density at radius 3 is 2.54 bits per heavy atom. The first-order valence-electron chi connectivity index (χ1n) is 8.27. The topological polar surface area (TPSA) is 88.3 Å². The summed E-state index contributed by atoms with van der Waals surface area (Å²) >= 11 is 0. The molecule has 2 heterocycles. The summed E-state index contributed by atoms with van der Waals surface area (Å²) in [4.78, 5) is 24.8. The van der Waals surface area contributed by atoms with Crippen molar-refractivity contribution in [1.29, 1.82) is 0 Å². The minimum atomic E-state index is -1.19. The zero-order valence-corrected chi connectivity index (χ0v) is 13.9. The number of benzene rings is 1. The molecule has 1 fully saturated rings. The lowest BCUT2D eigenvalue weighted by molar-refractivity contribution is -0.133. The minimum absolute atomic E-state index is 0.0614. The lowest BCUT2D eigenvalue weighted by Gasteiger charge is -2.32. The number of carbonyl (C=O) groups excluding carboxylic acids is 1. The first-order chi connectivity index (χ1) is 12.4. The average Bonchev–Trinajstić information content (AvgIpc) is 3.07. The number of piperidine rings is 1.